The third kappa shape index (κ3) is 2.99. The summed E-state index contributed by atoms with van der Waals surface area (Å²) in [6.45, 7) is 2.04. The molecule has 0 saturated carbocycles. The fourth-order valence-corrected chi connectivity index (χ4v) is 2.32. The van der Waals surface area contributed by atoms with Crippen LogP contribution in [0.5, 0.6) is 0 Å². The molecule has 0 atom stereocenters. The van der Waals surface area contributed by atoms with Crippen molar-refractivity contribution in [2.75, 3.05) is 18.5 Å². The highest BCUT2D eigenvalue weighted by atomic mass is 16.6. The number of aromatic nitrogens is 1. The Labute approximate surface area is 129 Å². The Kier molecular flexibility index (Phi) is 4.60. The minimum Gasteiger partial charge on any atom is -0.477 e. The molecule has 0 saturated heterocycles. The lowest BCUT2D eigenvalue weighted by molar-refractivity contribution is -0.383. The number of carboxylic acid groups (broad SMARTS) is 1. The van der Waals surface area contributed by atoms with Gasteiger partial charge in [0.05, 0.1) is 22.4 Å². The number of aromatic carboxylic acids is 1. The van der Waals surface area contributed by atoms with Crippen molar-refractivity contribution in [3.05, 3.63) is 44.2 Å². The van der Waals surface area contributed by atoms with E-state index in [0.717, 1.165) is 6.07 Å². The van der Waals surface area contributed by atoms with Crippen LogP contribution in [-0.4, -0.2) is 38.8 Å². The van der Waals surface area contributed by atoms with Gasteiger partial charge in [0.15, 0.2) is 0 Å². The Morgan fingerprint density at radius 3 is 2.65 bits per heavy atom. The monoisotopic (exact) mass is 321 g/mol. The predicted molar refractivity (Wildman–Crippen MR) is 83.1 cm³/mol. The van der Waals surface area contributed by atoms with Crippen LogP contribution in [0, 0.1) is 10.1 Å². The van der Waals surface area contributed by atoms with Crippen molar-refractivity contribution in [2.24, 2.45) is 0 Å². The molecule has 3 N–H and O–H groups in total. The lowest BCUT2D eigenvalue weighted by Gasteiger charge is -2.12. The Balaban J connectivity index is 2.85. The summed E-state index contributed by atoms with van der Waals surface area (Å²) < 4.78 is 1.54. The topological polar surface area (TPSA) is 135 Å². The average Bonchev–Trinajstić information content (AvgIpc) is 2.52. The van der Waals surface area contributed by atoms with Gasteiger partial charge in [0.1, 0.15) is 11.3 Å². The number of aliphatic hydroxyl groups excluding tert-OH is 1. The zero-order chi connectivity index (χ0) is 17.1. The molecule has 0 aliphatic carbocycles. The number of fused-ring (bicyclic) bond motifs is 1. The molecule has 0 amide bonds. The Bertz CT molecular complexity index is 843. The number of nitro benzene ring substituents is 1. The van der Waals surface area contributed by atoms with Crippen LogP contribution in [-0.2, 0) is 6.54 Å². The van der Waals surface area contributed by atoms with Gasteiger partial charge in [-0.05, 0) is 13.0 Å². The van der Waals surface area contributed by atoms with Gasteiger partial charge >= 0.3 is 5.97 Å². The van der Waals surface area contributed by atoms with Gasteiger partial charge in [0, 0.05) is 25.4 Å². The van der Waals surface area contributed by atoms with E-state index in [1.165, 1.54) is 16.8 Å². The molecule has 0 bridgehead atoms. The van der Waals surface area contributed by atoms with E-state index in [9.17, 15) is 19.7 Å². The van der Waals surface area contributed by atoms with Crippen molar-refractivity contribution in [1.82, 2.24) is 4.57 Å². The number of carboxylic acids is 1. The summed E-state index contributed by atoms with van der Waals surface area (Å²) in [7, 11) is 0. The number of benzene rings is 1. The molecule has 122 valence electrons. The van der Waals surface area contributed by atoms with Crippen LogP contribution in [0.15, 0.2) is 23.1 Å². The highest BCUT2D eigenvalue weighted by molar-refractivity contribution is 5.95. The maximum Gasteiger partial charge on any atom is 0.341 e. The Morgan fingerprint density at radius 2 is 2.13 bits per heavy atom. The molecule has 9 heteroatoms. The van der Waals surface area contributed by atoms with Gasteiger partial charge in [-0.1, -0.05) is 0 Å². The molecule has 0 unspecified atom stereocenters. The summed E-state index contributed by atoms with van der Waals surface area (Å²) >= 11 is 0. The fourth-order valence-electron chi connectivity index (χ4n) is 2.32. The molecule has 2 rings (SSSR count). The first-order valence-corrected chi connectivity index (χ1v) is 6.84. The van der Waals surface area contributed by atoms with Crippen molar-refractivity contribution in [3.63, 3.8) is 0 Å². The first-order valence-electron chi connectivity index (χ1n) is 6.84. The van der Waals surface area contributed by atoms with E-state index in [2.05, 4.69) is 5.32 Å². The van der Waals surface area contributed by atoms with E-state index in [0.29, 0.717) is 12.1 Å². The molecule has 0 fully saturated rings. The van der Waals surface area contributed by atoms with Gasteiger partial charge in [-0.25, -0.2) is 4.79 Å². The lowest BCUT2D eigenvalue weighted by Crippen LogP contribution is -2.19. The number of aliphatic hydroxyl groups is 1. The molecule has 0 aliphatic rings. The number of nitrogens with zero attached hydrogens (tertiary/aromatic N) is 2. The normalized spacial score (nSPS) is 10.7. The fraction of sp³-hybridized carbons (Fsp3) is 0.286. The number of rotatable bonds is 6. The van der Waals surface area contributed by atoms with E-state index in [1.807, 2.05) is 0 Å². The largest absolute Gasteiger partial charge is 0.477 e. The first kappa shape index (κ1) is 16.4. The van der Waals surface area contributed by atoms with E-state index in [-0.39, 0.29) is 29.9 Å². The van der Waals surface area contributed by atoms with E-state index < -0.39 is 21.9 Å². The number of nitrogens with one attached hydrogen (secondary N) is 1. The second kappa shape index (κ2) is 6.44. The van der Waals surface area contributed by atoms with Crippen molar-refractivity contribution >= 4 is 28.2 Å². The second-order valence-corrected chi connectivity index (χ2v) is 4.76. The predicted octanol–water partition coefficient (Wildman–Crippen LogP) is 1.03. The molecular formula is C14H15N3O6. The first-order chi connectivity index (χ1) is 10.9. The zero-order valence-corrected chi connectivity index (χ0v) is 12.3. The molecule has 2 aromatic rings. The zero-order valence-electron chi connectivity index (χ0n) is 12.3. The quantitative estimate of drug-likeness (QED) is 0.534. The van der Waals surface area contributed by atoms with Gasteiger partial charge in [0.25, 0.3) is 5.69 Å². The van der Waals surface area contributed by atoms with Crippen molar-refractivity contribution in [3.8, 4) is 0 Å². The average molecular weight is 321 g/mol. The highest BCUT2D eigenvalue weighted by Crippen LogP contribution is 2.29. The van der Waals surface area contributed by atoms with Crippen molar-refractivity contribution in [1.29, 1.82) is 0 Å². The summed E-state index contributed by atoms with van der Waals surface area (Å²) in [6.07, 6.45) is 1.22. The van der Waals surface area contributed by atoms with Crippen LogP contribution in [0.4, 0.5) is 11.4 Å². The lowest BCUT2D eigenvalue weighted by atomic mass is 10.1. The van der Waals surface area contributed by atoms with Crippen molar-refractivity contribution < 1.29 is 19.9 Å². The third-order valence-corrected chi connectivity index (χ3v) is 3.39. The number of hydrogen-bond acceptors (Lipinski definition) is 6. The Morgan fingerprint density at radius 1 is 1.43 bits per heavy atom. The number of hydrogen-bond donors (Lipinski definition) is 3. The number of carbonyl (C=O) groups is 1. The minimum atomic E-state index is -1.38. The molecule has 1 aromatic heterocycles. The summed E-state index contributed by atoms with van der Waals surface area (Å²) in [6, 6.07) is 2.48. The summed E-state index contributed by atoms with van der Waals surface area (Å²) in [5.74, 6) is -1.38. The molecule has 0 spiro atoms. The summed E-state index contributed by atoms with van der Waals surface area (Å²) in [5.41, 5.74) is -1.03. The molecule has 1 aromatic carbocycles. The number of pyridine rings is 1. The molecular weight excluding hydrogens is 306 g/mol. The minimum absolute atomic E-state index is 0.0343. The molecule has 9 nitrogen and oxygen atoms in total. The summed E-state index contributed by atoms with van der Waals surface area (Å²) in [5, 5.41) is 31.8. The van der Waals surface area contributed by atoms with Crippen molar-refractivity contribution in [2.45, 2.75) is 13.5 Å². The molecule has 1 heterocycles. The van der Waals surface area contributed by atoms with E-state index >= 15 is 0 Å². The van der Waals surface area contributed by atoms with E-state index in [4.69, 9.17) is 10.2 Å². The summed E-state index contributed by atoms with van der Waals surface area (Å²) in [4.78, 5) is 34.0. The van der Waals surface area contributed by atoms with Crippen LogP contribution in [0.3, 0.4) is 0 Å². The smallest absolute Gasteiger partial charge is 0.341 e. The van der Waals surface area contributed by atoms with Crippen LogP contribution < -0.4 is 10.7 Å². The standard InChI is InChI=1S/C14H15N3O6/c1-2-16-7-9(14(20)21)13(19)8-5-12(17(22)23)10(6-11(8)16)15-3-4-18/h5-7,15,18H,2-4H2,1H3,(H,20,21). The van der Waals surface area contributed by atoms with Gasteiger partial charge in [-0.2, -0.15) is 0 Å². The maximum atomic E-state index is 12.3. The molecule has 0 radical (unpaired) electrons. The van der Waals surface area contributed by atoms with Crippen LogP contribution in [0.25, 0.3) is 10.9 Å². The SMILES string of the molecule is CCn1cc(C(=O)O)c(=O)c2cc([N+](=O)[O-])c(NCCO)cc21. The van der Waals surface area contributed by atoms with Crippen LogP contribution in [0.2, 0.25) is 0 Å². The van der Waals surface area contributed by atoms with Gasteiger partial charge in [-0.3, -0.25) is 14.9 Å². The van der Waals surface area contributed by atoms with Crippen LogP contribution in [0.1, 0.15) is 17.3 Å². The third-order valence-electron chi connectivity index (χ3n) is 3.39. The molecule has 0 aliphatic heterocycles. The number of anilines is 1. The van der Waals surface area contributed by atoms with Gasteiger partial charge < -0.3 is 20.1 Å². The second-order valence-electron chi connectivity index (χ2n) is 4.76. The van der Waals surface area contributed by atoms with Crippen LogP contribution >= 0.6 is 0 Å². The van der Waals surface area contributed by atoms with E-state index in [1.54, 1.807) is 6.92 Å². The maximum absolute atomic E-state index is 12.3. The number of nitro groups is 1. The Hall–Kier alpha value is -2.94. The van der Waals surface area contributed by atoms with Gasteiger partial charge in [-0.15, -0.1) is 0 Å². The van der Waals surface area contributed by atoms with Gasteiger partial charge in [0.2, 0.25) is 5.43 Å². The molecule has 23 heavy (non-hydrogen) atoms. The number of aryl methyl sites for hydroxylation is 1. The highest BCUT2D eigenvalue weighted by Gasteiger charge is 2.20.